The molecule has 2 heterocycles. The zero-order valence-corrected chi connectivity index (χ0v) is 8.75. The quantitative estimate of drug-likeness (QED) is 0.407. The highest BCUT2D eigenvalue weighted by molar-refractivity contribution is 5.20. The Bertz CT molecular complexity index is 463. The van der Waals surface area contributed by atoms with Crippen molar-refractivity contribution in [3.63, 3.8) is 0 Å². The molecule has 1 fully saturated rings. The molecule has 1 saturated heterocycles. The van der Waals surface area contributed by atoms with Crippen molar-refractivity contribution in [1.29, 1.82) is 0 Å². The molecule has 2 rings (SSSR count). The van der Waals surface area contributed by atoms with Crippen LogP contribution in [0.3, 0.4) is 0 Å². The number of aliphatic hydroxyl groups excluding tert-OH is 3. The Balaban J connectivity index is 2.32. The Hall–Kier alpha value is -1.55. The van der Waals surface area contributed by atoms with Crippen molar-refractivity contribution < 1.29 is 24.7 Å². The van der Waals surface area contributed by atoms with Crippen molar-refractivity contribution in [2.75, 3.05) is 12.3 Å². The number of aliphatic hydroxyl groups is 3. The molecule has 0 spiro atoms. The average molecular weight is 245 g/mol. The third-order valence-electron chi connectivity index (χ3n) is 2.57. The molecular formula is C8H13N4O5+. The van der Waals surface area contributed by atoms with Gasteiger partial charge in [0, 0.05) is 6.07 Å². The highest BCUT2D eigenvalue weighted by Gasteiger charge is 2.46. The first-order valence-corrected chi connectivity index (χ1v) is 4.95. The Morgan fingerprint density at radius 2 is 2.24 bits per heavy atom. The van der Waals surface area contributed by atoms with Gasteiger partial charge in [-0.3, -0.25) is 0 Å². The second-order valence-electron chi connectivity index (χ2n) is 3.70. The lowest BCUT2D eigenvalue weighted by Gasteiger charge is -2.10. The molecule has 1 aromatic rings. The van der Waals surface area contributed by atoms with E-state index in [1.54, 1.807) is 0 Å². The van der Waals surface area contributed by atoms with Gasteiger partial charge in [0.25, 0.3) is 4.66 Å². The van der Waals surface area contributed by atoms with E-state index in [0.717, 1.165) is 4.68 Å². The molecule has 1 aromatic heterocycles. The Morgan fingerprint density at radius 1 is 1.53 bits per heavy atom. The molecule has 0 saturated carbocycles. The summed E-state index contributed by atoms with van der Waals surface area (Å²) in [7, 11) is 0. The van der Waals surface area contributed by atoms with Crippen LogP contribution in [0, 0.1) is 4.91 Å². The van der Waals surface area contributed by atoms with Crippen molar-refractivity contribution in [3.8, 4) is 0 Å². The third-order valence-corrected chi connectivity index (χ3v) is 2.57. The van der Waals surface area contributed by atoms with Gasteiger partial charge in [-0.15, -0.1) is 0 Å². The van der Waals surface area contributed by atoms with Crippen LogP contribution in [0.2, 0.25) is 0 Å². The van der Waals surface area contributed by atoms with Crippen molar-refractivity contribution in [2.45, 2.75) is 24.5 Å². The molecule has 0 radical (unpaired) electrons. The van der Waals surface area contributed by atoms with Crippen molar-refractivity contribution in [2.24, 2.45) is 0 Å². The SMILES string of the molecule is Nc1ccn([C@@H]2O[C@H](CO)[C@@H](O)[C@H]2O)[n+](=O)n1. The number of ether oxygens (including phenoxy) is 1. The van der Waals surface area contributed by atoms with Gasteiger partial charge in [-0.05, 0) is 0 Å². The molecular weight excluding hydrogens is 232 g/mol. The fourth-order valence-electron chi connectivity index (χ4n) is 1.67. The van der Waals surface area contributed by atoms with Gasteiger partial charge < -0.3 is 25.8 Å². The summed E-state index contributed by atoms with van der Waals surface area (Å²) in [5, 5.41) is 31.5. The van der Waals surface area contributed by atoms with Crippen LogP contribution in [-0.4, -0.2) is 50.0 Å². The minimum absolute atomic E-state index is 0.0167. The molecule has 0 unspecified atom stereocenters. The van der Waals surface area contributed by atoms with Gasteiger partial charge in [0.15, 0.2) is 0 Å². The standard InChI is InChI=1S/C8H13N4O5/c9-5-1-2-11(12(16)10-5)8-7(15)6(14)4(3-13)17-8/h1-2,4,6-8,13-15H,3H2,(H2,9,10,16)/q+1/t4-,6-,7-,8-/m1/s1. The maximum Gasteiger partial charge on any atom is 0.289 e. The molecule has 94 valence electrons. The summed E-state index contributed by atoms with van der Waals surface area (Å²) in [6.07, 6.45) is -3.39. The Morgan fingerprint density at radius 3 is 2.76 bits per heavy atom. The van der Waals surface area contributed by atoms with E-state index in [4.69, 9.17) is 15.6 Å². The molecule has 9 nitrogen and oxygen atoms in total. The number of hydrogen-bond donors (Lipinski definition) is 4. The maximum atomic E-state index is 11.4. The van der Waals surface area contributed by atoms with Gasteiger partial charge in [0.2, 0.25) is 12.0 Å². The van der Waals surface area contributed by atoms with Crippen molar-refractivity contribution in [1.82, 2.24) is 9.78 Å². The van der Waals surface area contributed by atoms with Crippen LogP contribution in [0.4, 0.5) is 5.82 Å². The number of nitrogens with zero attached hydrogens (tertiary/aromatic N) is 3. The van der Waals surface area contributed by atoms with E-state index in [1.807, 2.05) is 0 Å². The highest BCUT2D eigenvalue weighted by atomic mass is 16.6. The number of rotatable bonds is 2. The van der Waals surface area contributed by atoms with Gasteiger partial charge in [-0.2, -0.15) is 0 Å². The maximum absolute atomic E-state index is 11.4. The number of aromatic nitrogens is 3. The lowest BCUT2D eigenvalue weighted by Crippen LogP contribution is -2.41. The fourth-order valence-corrected chi connectivity index (χ4v) is 1.67. The summed E-state index contributed by atoms with van der Waals surface area (Å²) in [5.74, 6) is 0.0167. The predicted molar refractivity (Wildman–Crippen MR) is 53.0 cm³/mol. The average Bonchev–Trinajstić information content (AvgIpc) is 2.57. The first kappa shape index (κ1) is 11.9. The van der Waals surface area contributed by atoms with Gasteiger partial charge in [-0.1, -0.05) is 4.68 Å². The number of nitrogen functional groups attached to an aromatic ring is 1. The topological polar surface area (TPSA) is 137 Å². The largest absolute Gasteiger partial charge is 0.394 e. The molecule has 1 aliphatic heterocycles. The summed E-state index contributed by atoms with van der Waals surface area (Å²) in [6, 6.07) is 1.35. The number of hydrogen-bond acceptors (Lipinski definition) is 7. The van der Waals surface area contributed by atoms with Crippen molar-refractivity contribution in [3.05, 3.63) is 17.2 Å². The molecule has 9 heteroatoms. The van der Waals surface area contributed by atoms with Gasteiger partial charge >= 0.3 is 0 Å². The van der Waals surface area contributed by atoms with Crippen LogP contribution in [-0.2, 0) is 4.74 Å². The summed E-state index contributed by atoms with van der Waals surface area (Å²) >= 11 is 0. The van der Waals surface area contributed by atoms with Crippen LogP contribution in [0.1, 0.15) is 6.23 Å². The summed E-state index contributed by atoms with van der Waals surface area (Å²) in [5.41, 5.74) is 5.30. The summed E-state index contributed by atoms with van der Waals surface area (Å²) in [6.45, 7) is -0.462. The van der Waals surface area contributed by atoms with Crippen LogP contribution in [0.5, 0.6) is 0 Å². The van der Waals surface area contributed by atoms with E-state index in [-0.39, 0.29) is 10.5 Å². The van der Waals surface area contributed by atoms with Crippen LogP contribution >= 0.6 is 0 Å². The lowest BCUT2D eigenvalue weighted by molar-refractivity contribution is -0.668. The van der Waals surface area contributed by atoms with E-state index in [0.29, 0.717) is 0 Å². The van der Waals surface area contributed by atoms with Crippen LogP contribution < -0.4 is 10.4 Å². The second-order valence-corrected chi connectivity index (χ2v) is 3.70. The molecule has 0 aromatic carbocycles. The predicted octanol–water partition coefficient (Wildman–Crippen LogP) is -3.01. The normalized spacial score (nSPS) is 32.9. The van der Waals surface area contributed by atoms with Crippen LogP contribution in [0.25, 0.3) is 0 Å². The van der Waals surface area contributed by atoms with E-state index in [9.17, 15) is 15.1 Å². The highest BCUT2D eigenvalue weighted by Crippen LogP contribution is 2.27. The molecule has 0 bridgehead atoms. The van der Waals surface area contributed by atoms with Gasteiger partial charge in [0.05, 0.1) is 17.7 Å². The number of anilines is 1. The summed E-state index contributed by atoms with van der Waals surface area (Å²) < 4.78 is 6.23. The summed E-state index contributed by atoms with van der Waals surface area (Å²) in [4.78, 5) is 11.4. The minimum atomic E-state index is -1.33. The Kier molecular flexibility index (Phi) is 3.07. The first-order valence-electron chi connectivity index (χ1n) is 4.95. The number of nitrogens with two attached hydrogens (primary N) is 1. The third kappa shape index (κ3) is 2.00. The lowest BCUT2D eigenvalue weighted by atomic mass is 10.1. The molecule has 1 aliphatic rings. The molecule has 4 atom stereocenters. The zero-order chi connectivity index (χ0) is 12.6. The second kappa shape index (κ2) is 4.37. The van der Waals surface area contributed by atoms with Gasteiger partial charge in [0.1, 0.15) is 23.4 Å². The van der Waals surface area contributed by atoms with Crippen molar-refractivity contribution >= 4 is 5.82 Å². The monoisotopic (exact) mass is 245 g/mol. The Labute approximate surface area is 95.2 Å². The molecule has 17 heavy (non-hydrogen) atoms. The molecule has 0 aliphatic carbocycles. The van der Waals surface area contributed by atoms with E-state index < -0.39 is 31.1 Å². The van der Waals surface area contributed by atoms with E-state index >= 15 is 0 Å². The zero-order valence-electron chi connectivity index (χ0n) is 8.75. The first-order chi connectivity index (χ1) is 8.04. The van der Waals surface area contributed by atoms with E-state index in [2.05, 4.69) is 5.10 Å². The molecule has 0 amide bonds. The fraction of sp³-hybridized carbons (Fsp3) is 0.625. The minimum Gasteiger partial charge on any atom is -0.394 e. The molecule has 5 N–H and O–H groups in total. The van der Waals surface area contributed by atoms with Crippen LogP contribution in [0.15, 0.2) is 12.3 Å². The smallest absolute Gasteiger partial charge is 0.289 e. The van der Waals surface area contributed by atoms with Gasteiger partial charge in [-0.25, -0.2) is 0 Å². The van der Waals surface area contributed by atoms with E-state index in [1.165, 1.54) is 12.3 Å².